The maximum absolute atomic E-state index is 13.6. The fourth-order valence-electron chi connectivity index (χ4n) is 3.57. The van der Waals surface area contributed by atoms with Crippen LogP contribution in [0.3, 0.4) is 0 Å². The Labute approximate surface area is 212 Å². The maximum atomic E-state index is 13.6. The van der Waals surface area contributed by atoms with Crippen LogP contribution in [0.15, 0.2) is 53.4 Å². The third kappa shape index (κ3) is 4.34. The smallest absolute Gasteiger partial charge is 0.744 e. The van der Waals surface area contributed by atoms with Gasteiger partial charge in [0, 0.05) is 16.8 Å². The van der Waals surface area contributed by atoms with Crippen LogP contribution in [0, 0.1) is 5.82 Å². The Morgan fingerprint density at radius 2 is 1.47 bits per heavy atom. The van der Waals surface area contributed by atoms with Gasteiger partial charge in [0.05, 0.1) is 33.0 Å². The summed E-state index contributed by atoms with van der Waals surface area (Å²) in [7, 11) is -5.26. The van der Waals surface area contributed by atoms with Crippen molar-refractivity contribution in [1.29, 1.82) is 0 Å². The summed E-state index contributed by atoms with van der Waals surface area (Å²) in [6.45, 7) is 0. The van der Waals surface area contributed by atoms with Gasteiger partial charge in [-0.25, -0.2) is 12.8 Å². The number of hydrogen-bond donors (Lipinski definition) is 2. The van der Waals surface area contributed by atoms with E-state index in [0.717, 1.165) is 6.07 Å². The van der Waals surface area contributed by atoms with Crippen LogP contribution in [0.25, 0.3) is 0 Å². The first kappa shape index (κ1) is 25.8. The molecule has 0 fully saturated rings. The average molecular weight is 502 g/mol. The molecule has 0 spiro atoms. The van der Waals surface area contributed by atoms with E-state index in [1.54, 1.807) is 0 Å². The van der Waals surface area contributed by atoms with Gasteiger partial charge < -0.3 is 15.6 Å². The van der Waals surface area contributed by atoms with Gasteiger partial charge in [0.1, 0.15) is 15.9 Å². The third-order valence-corrected chi connectivity index (χ3v) is 5.90. The molecule has 0 bridgehead atoms. The number of benzene rings is 3. The molecule has 170 valence electrons. The number of rotatable bonds is 3. The molecule has 13 heteroatoms. The molecule has 4 rings (SSSR count). The Morgan fingerprint density at radius 3 is 2.00 bits per heavy atom. The monoisotopic (exact) mass is 502 g/mol. The summed E-state index contributed by atoms with van der Waals surface area (Å²) < 4.78 is 88.2. The Kier molecular flexibility index (Phi) is 6.68. The molecular weight excluding hydrogens is 491 g/mol. The van der Waals surface area contributed by atoms with E-state index in [4.69, 9.17) is 5.73 Å². The van der Waals surface area contributed by atoms with E-state index in [-0.39, 0.29) is 46.4 Å². The summed E-state index contributed by atoms with van der Waals surface area (Å²) in [5, 5.41) is 2.39. The van der Waals surface area contributed by atoms with E-state index in [9.17, 15) is 40.1 Å². The van der Waals surface area contributed by atoms with E-state index in [1.807, 2.05) is 0 Å². The van der Waals surface area contributed by atoms with Crippen LogP contribution < -0.4 is 40.6 Å². The Morgan fingerprint density at radius 1 is 0.912 bits per heavy atom. The van der Waals surface area contributed by atoms with Gasteiger partial charge in [-0.2, -0.15) is 13.2 Å². The molecule has 7 nitrogen and oxygen atoms in total. The van der Waals surface area contributed by atoms with Crippen LogP contribution in [0.5, 0.6) is 0 Å². The summed E-state index contributed by atoms with van der Waals surface area (Å²) in [5.41, 5.74) is 1.42. The van der Waals surface area contributed by atoms with E-state index < -0.39 is 66.6 Å². The van der Waals surface area contributed by atoms with Crippen molar-refractivity contribution in [2.75, 3.05) is 11.1 Å². The van der Waals surface area contributed by atoms with Crippen molar-refractivity contribution in [2.24, 2.45) is 0 Å². The zero-order valence-corrected chi connectivity index (χ0v) is 20.0. The van der Waals surface area contributed by atoms with Gasteiger partial charge in [-0.1, -0.05) is 24.3 Å². The van der Waals surface area contributed by atoms with Crippen molar-refractivity contribution in [3.8, 4) is 0 Å². The first-order valence-electron chi connectivity index (χ1n) is 9.05. The fourth-order valence-corrected chi connectivity index (χ4v) is 4.21. The summed E-state index contributed by atoms with van der Waals surface area (Å²) in [4.78, 5) is 25.1. The zero-order chi connectivity index (χ0) is 24.3. The van der Waals surface area contributed by atoms with Crippen LogP contribution in [0.2, 0.25) is 0 Å². The number of fused-ring (bicyclic) bond motifs is 2. The minimum Gasteiger partial charge on any atom is -0.744 e. The summed E-state index contributed by atoms with van der Waals surface area (Å²) >= 11 is 0. The van der Waals surface area contributed by atoms with Crippen molar-refractivity contribution in [1.82, 2.24) is 0 Å². The molecule has 0 heterocycles. The molecule has 0 saturated carbocycles. The first-order chi connectivity index (χ1) is 15.3. The standard InChI is InChI=1S/C21H12F4N2O5S.Na/c22-13-6-5-9(7-12(13)21(23,24)25)27-14-8-15(33(30,31)32)18(26)17-16(14)19(28)10-3-1-2-4-11(10)20(17)29;/h1-8,27H,26H2,(H,30,31,32);/q;+1/p-1. The quantitative estimate of drug-likeness (QED) is 0.184. The Hall–Kier alpha value is -2.77. The van der Waals surface area contributed by atoms with Gasteiger partial charge in [-0.05, 0) is 24.3 Å². The fraction of sp³-hybridized carbons (Fsp3) is 0.0476. The molecule has 0 radical (unpaired) electrons. The number of carbonyl (C=O) groups excluding carboxylic acids is 2. The van der Waals surface area contributed by atoms with Crippen molar-refractivity contribution < 1.29 is 69.7 Å². The van der Waals surface area contributed by atoms with Gasteiger partial charge in [0.2, 0.25) is 0 Å². The second-order valence-corrected chi connectivity index (χ2v) is 8.41. The molecule has 0 saturated heterocycles. The number of ketones is 2. The van der Waals surface area contributed by atoms with Crippen molar-refractivity contribution in [3.63, 3.8) is 0 Å². The number of nitrogens with two attached hydrogens (primary N) is 1. The van der Waals surface area contributed by atoms with Gasteiger partial charge in [0.15, 0.2) is 11.6 Å². The van der Waals surface area contributed by atoms with Crippen LogP contribution in [0.4, 0.5) is 34.6 Å². The first-order valence-corrected chi connectivity index (χ1v) is 10.5. The van der Waals surface area contributed by atoms with Gasteiger partial charge in [-0.3, -0.25) is 9.59 Å². The van der Waals surface area contributed by atoms with Gasteiger partial charge in [-0.15, -0.1) is 0 Å². The molecule has 0 aromatic heterocycles. The van der Waals surface area contributed by atoms with Gasteiger partial charge in [0.25, 0.3) is 0 Å². The third-order valence-electron chi connectivity index (χ3n) is 5.02. The average Bonchev–Trinajstić information content (AvgIpc) is 2.72. The van der Waals surface area contributed by atoms with Crippen LogP contribution in [0.1, 0.15) is 37.4 Å². The number of anilines is 3. The van der Waals surface area contributed by atoms with Crippen LogP contribution >= 0.6 is 0 Å². The summed E-state index contributed by atoms with van der Waals surface area (Å²) in [6, 6.07) is 8.03. The molecule has 1 aliphatic carbocycles. The molecule has 0 atom stereocenters. The molecule has 0 aliphatic heterocycles. The molecule has 3 aromatic carbocycles. The molecule has 0 amide bonds. The molecule has 3 N–H and O–H groups in total. The van der Waals surface area contributed by atoms with Crippen LogP contribution in [-0.2, 0) is 16.3 Å². The largest absolute Gasteiger partial charge is 1.00 e. The second-order valence-electron chi connectivity index (χ2n) is 7.06. The van der Waals surface area contributed by atoms with Gasteiger partial charge >= 0.3 is 35.7 Å². The minimum absolute atomic E-state index is 0. The number of alkyl halides is 3. The normalized spacial score (nSPS) is 13.1. The SMILES string of the molecule is Nc1c(S(=O)(=O)[O-])cc(Nc2ccc(F)c(C(F)(F)F)c2)c2c1C(=O)c1ccccc1C2=O.[Na+]. The minimum atomic E-state index is -5.26. The van der Waals surface area contributed by atoms with E-state index in [0.29, 0.717) is 18.2 Å². The number of nitrogen functional groups attached to an aromatic ring is 1. The molecule has 3 aromatic rings. The number of hydrogen-bond acceptors (Lipinski definition) is 7. The van der Waals surface area contributed by atoms with E-state index in [1.165, 1.54) is 24.3 Å². The van der Waals surface area contributed by atoms with Crippen molar-refractivity contribution >= 4 is 38.7 Å². The van der Waals surface area contributed by atoms with Crippen LogP contribution in [-0.4, -0.2) is 24.5 Å². The van der Waals surface area contributed by atoms with E-state index in [2.05, 4.69) is 5.32 Å². The Balaban J connectivity index is 0.00000324. The second kappa shape index (κ2) is 8.78. The van der Waals surface area contributed by atoms with Crippen molar-refractivity contribution in [2.45, 2.75) is 11.1 Å². The Bertz CT molecular complexity index is 1470. The summed E-state index contributed by atoms with van der Waals surface area (Å²) in [6.07, 6.45) is -5.05. The molecule has 34 heavy (non-hydrogen) atoms. The maximum Gasteiger partial charge on any atom is 1.00 e. The molecule has 1 aliphatic rings. The number of nitrogens with one attached hydrogen (secondary N) is 1. The van der Waals surface area contributed by atoms with Crippen molar-refractivity contribution in [3.05, 3.63) is 82.2 Å². The summed E-state index contributed by atoms with van der Waals surface area (Å²) in [5.74, 6) is -3.18. The van der Waals surface area contributed by atoms with E-state index >= 15 is 0 Å². The predicted octanol–water partition coefficient (Wildman–Crippen LogP) is 0.854. The topological polar surface area (TPSA) is 129 Å². The zero-order valence-electron chi connectivity index (χ0n) is 17.2. The molecular formula is C21H11F4N2NaO5S. The number of carbonyl (C=O) groups is 2. The number of halogens is 4. The molecule has 0 unspecified atom stereocenters. The predicted molar refractivity (Wildman–Crippen MR) is 107 cm³/mol.